The summed E-state index contributed by atoms with van der Waals surface area (Å²) in [5.41, 5.74) is 7.85. The summed E-state index contributed by atoms with van der Waals surface area (Å²) in [7, 11) is 0. The van der Waals surface area contributed by atoms with Gasteiger partial charge in [-0.3, -0.25) is 4.98 Å². The highest BCUT2D eigenvalue weighted by molar-refractivity contribution is 5.59. The van der Waals surface area contributed by atoms with Crippen molar-refractivity contribution in [3.63, 3.8) is 0 Å². The number of nitrogens with one attached hydrogen (secondary N) is 1. The van der Waals surface area contributed by atoms with Gasteiger partial charge in [0.2, 0.25) is 0 Å². The van der Waals surface area contributed by atoms with E-state index < -0.39 is 0 Å². The number of pyridine rings is 1. The number of rotatable bonds is 2. The van der Waals surface area contributed by atoms with Gasteiger partial charge in [0.25, 0.3) is 0 Å². The van der Waals surface area contributed by atoms with Gasteiger partial charge in [-0.2, -0.15) is 0 Å². The molecule has 1 aliphatic rings. The van der Waals surface area contributed by atoms with Crippen LogP contribution in [0.15, 0.2) is 30.5 Å². The second-order valence-corrected chi connectivity index (χ2v) is 5.56. The third-order valence-corrected chi connectivity index (χ3v) is 3.95. The van der Waals surface area contributed by atoms with E-state index in [0.29, 0.717) is 6.04 Å². The predicted octanol–water partition coefficient (Wildman–Crippen LogP) is 4.11. The fraction of sp³-hybridized carbons (Fsp3) is 0.353. The van der Waals surface area contributed by atoms with E-state index in [1.165, 1.54) is 33.6 Å². The largest absolute Gasteiger partial charge is 0.376 e. The van der Waals surface area contributed by atoms with Crippen molar-refractivity contribution in [3.05, 3.63) is 58.4 Å². The van der Waals surface area contributed by atoms with Gasteiger partial charge in [-0.1, -0.05) is 23.8 Å². The number of benzene rings is 1. The maximum atomic E-state index is 4.55. The maximum Gasteiger partial charge on any atom is 0.0691 e. The van der Waals surface area contributed by atoms with Crippen LogP contribution < -0.4 is 5.32 Å². The minimum absolute atomic E-state index is 0.358. The molecule has 0 saturated carbocycles. The van der Waals surface area contributed by atoms with Gasteiger partial charge in [-0.25, -0.2) is 0 Å². The van der Waals surface area contributed by atoms with Crippen molar-refractivity contribution in [2.75, 3.05) is 5.32 Å². The Morgan fingerprint density at radius 3 is 2.63 bits per heavy atom. The second kappa shape index (κ2) is 4.69. The van der Waals surface area contributed by atoms with Crippen molar-refractivity contribution in [1.82, 2.24) is 4.98 Å². The molecule has 2 nitrogen and oxygen atoms in total. The standard InChI is InChI=1S/C17H20N2/c1-11-9-12(2)16(13(3)10-11)19-15-7-6-14-5-4-8-18-17(14)15/h4-5,8-10,15,19H,6-7H2,1-3H3. The minimum Gasteiger partial charge on any atom is -0.376 e. The van der Waals surface area contributed by atoms with Crippen LogP contribution in [0.25, 0.3) is 0 Å². The first-order chi connectivity index (χ1) is 9.15. The summed E-state index contributed by atoms with van der Waals surface area (Å²) in [6.45, 7) is 6.50. The molecule has 98 valence electrons. The molecule has 0 bridgehead atoms. The Hall–Kier alpha value is -1.83. The number of aromatic nitrogens is 1. The molecule has 0 aliphatic heterocycles. The molecule has 0 fully saturated rings. The van der Waals surface area contributed by atoms with Crippen molar-refractivity contribution in [2.24, 2.45) is 0 Å². The number of hydrogen-bond acceptors (Lipinski definition) is 2. The van der Waals surface area contributed by atoms with E-state index >= 15 is 0 Å². The molecule has 1 unspecified atom stereocenters. The molecule has 0 amide bonds. The molecule has 0 spiro atoms. The van der Waals surface area contributed by atoms with Crippen LogP contribution in [-0.2, 0) is 6.42 Å². The highest BCUT2D eigenvalue weighted by Gasteiger charge is 2.24. The van der Waals surface area contributed by atoms with E-state index in [1.807, 2.05) is 12.3 Å². The molecule has 1 aromatic carbocycles. The first-order valence-corrected chi connectivity index (χ1v) is 6.93. The Bertz CT molecular complexity index is 593. The fourth-order valence-electron chi connectivity index (χ4n) is 3.13. The van der Waals surface area contributed by atoms with E-state index in [-0.39, 0.29) is 0 Å². The summed E-state index contributed by atoms with van der Waals surface area (Å²) in [4.78, 5) is 4.55. The summed E-state index contributed by atoms with van der Waals surface area (Å²) in [6.07, 6.45) is 4.16. The molecule has 2 heteroatoms. The molecule has 19 heavy (non-hydrogen) atoms. The van der Waals surface area contributed by atoms with Gasteiger partial charge in [0.1, 0.15) is 0 Å². The quantitative estimate of drug-likeness (QED) is 0.870. The maximum absolute atomic E-state index is 4.55. The summed E-state index contributed by atoms with van der Waals surface area (Å²) in [6, 6.07) is 9.06. The average Bonchev–Trinajstić information content (AvgIpc) is 2.77. The van der Waals surface area contributed by atoms with Crippen molar-refractivity contribution in [2.45, 2.75) is 39.7 Å². The fourth-order valence-corrected chi connectivity index (χ4v) is 3.13. The Morgan fingerprint density at radius 1 is 1.16 bits per heavy atom. The first-order valence-electron chi connectivity index (χ1n) is 6.93. The monoisotopic (exact) mass is 252 g/mol. The summed E-state index contributed by atoms with van der Waals surface area (Å²) in [5, 5.41) is 3.70. The van der Waals surface area contributed by atoms with Gasteiger partial charge in [-0.15, -0.1) is 0 Å². The van der Waals surface area contributed by atoms with E-state index in [9.17, 15) is 0 Å². The number of nitrogens with zero attached hydrogens (tertiary/aromatic N) is 1. The smallest absolute Gasteiger partial charge is 0.0691 e. The average molecular weight is 252 g/mol. The molecule has 1 aliphatic carbocycles. The lowest BCUT2D eigenvalue weighted by molar-refractivity contribution is 0.744. The topological polar surface area (TPSA) is 24.9 Å². The van der Waals surface area contributed by atoms with Crippen molar-refractivity contribution in [3.8, 4) is 0 Å². The van der Waals surface area contributed by atoms with Crippen molar-refractivity contribution in [1.29, 1.82) is 0 Å². The van der Waals surface area contributed by atoms with Gasteiger partial charge >= 0.3 is 0 Å². The van der Waals surface area contributed by atoms with Crippen LogP contribution in [0.4, 0.5) is 5.69 Å². The van der Waals surface area contributed by atoms with Gasteiger partial charge in [0, 0.05) is 11.9 Å². The summed E-state index contributed by atoms with van der Waals surface area (Å²) < 4.78 is 0. The van der Waals surface area contributed by atoms with E-state index in [1.54, 1.807) is 0 Å². The van der Waals surface area contributed by atoms with Gasteiger partial charge < -0.3 is 5.32 Å². The predicted molar refractivity (Wildman–Crippen MR) is 79.6 cm³/mol. The van der Waals surface area contributed by atoms with E-state index in [0.717, 1.165) is 12.8 Å². The number of fused-ring (bicyclic) bond motifs is 1. The highest BCUT2D eigenvalue weighted by Crippen LogP contribution is 2.34. The zero-order valence-corrected chi connectivity index (χ0v) is 11.8. The Labute approximate surface area is 114 Å². The molecule has 0 radical (unpaired) electrons. The molecule has 1 atom stereocenters. The molecular weight excluding hydrogens is 232 g/mol. The molecule has 2 aromatic rings. The minimum atomic E-state index is 0.358. The van der Waals surface area contributed by atoms with Crippen molar-refractivity contribution >= 4 is 5.69 Å². The van der Waals surface area contributed by atoms with Crippen LogP contribution >= 0.6 is 0 Å². The van der Waals surface area contributed by atoms with Crippen LogP contribution in [-0.4, -0.2) is 4.98 Å². The lowest BCUT2D eigenvalue weighted by Crippen LogP contribution is -2.10. The highest BCUT2D eigenvalue weighted by atomic mass is 15.0. The molecule has 1 N–H and O–H groups in total. The SMILES string of the molecule is Cc1cc(C)c(NC2CCc3cccnc32)c(C)c1. The third kappa shape index (κ3) is 2.23. The molecule has 1 aromatic heterocycles. The normalized spacial score (nSPS) is 17.3. The van der Waals surface area contributed by atoms with Crippen LogP contribution in [0.5, 0.6) is 0 Å². The Balaban J connectivity index is 1.92. The van der Waals surface area contributed by atoms with Crippen molar-refractivity contribution < 1.29 is 0 Å². The van der Waals surface area contributed by atoms with Crippen LogP contribution in [0.1, 0.15) is 40.4 Å². The van der Waals surface area contributed by atoms with Crippen LogP contribution in [0.2, 0.25) is 0 Å². The van der Waals surface area contributed by atoms with E-state index in [4.69, 9.17) is 0 Å². The lowest BCUT2D eigenvalue weighted by atomic mass is 10.0. The Kier molecular flexibility index (Phi) is 3.02. The van der Waals surface area contributed by atoms with E-state index in [2.05, 4.69) is 49.3 Å². The molecule has 0 saturated heterocycles. The molecule has 3 rings (SSSR count). The Morgan fingerprint density at radius 2 is 1.89 bits per heavy atom. The van der Waals surface area contributed by atoms with Gasteiger partial charge in [0.15, 0.2) is 0 Å². The first kappa shape index (κ1) is 12.2. The van der Waals surface area contributed by atoms with Crippen LogP contribution in [0.3, 0.4) is 0 Å². The molecule has 1 heterocycles. The zero-order valence-electron chi connectivity index (χ0n) is 11.8. The lowest BCUT2D eigenvalue weighted by Gasteiger charge is -2.19. The van der Waals surface area contributed by atoms with Gasteiger partial charge in [-0.05, 0) is 56.4 Å². The summed E-state index contributed by atoms with van der Waals surface area (Å²) in [5.74, 6) is 0. The number of aryl methyl sites for hydroxylation is 4. The third-order valence-electron chi connectivity index (χ3n) is 3.95. The second-order valence-electron chi connectivity index (χ2n) is 5.56. The number of hydrogen-bond donors (Lipinski definition) is 1. The van der Waals surface area contributed by atoms with Crippen LogP contribution in [0, 0.1) is 20.8 Å². The van der Waals surface area contributed by atoms with Gasteiger partial charge in [0.05, 0.1) is 11.7 Å². The molecular formula is C17H20N2. The number of anilines is 1. The summed E-state index contributed by atoms with van der Waals surface area (Å²) >= 11 is 0. The zero-order chi connectivity index (χ0) is 13.4.